The second-order valence-corrected chi connectivity index (χ2v) is 8.49. The summed E-state index contributed by atoms with van der Waals surface area (Å²) >= 11 is 0. The molecular formula is C18H24O2. The van der Waals surface area contributed by atoms with E-state index in [9.17, 15) is 9.90 Å². The molecule has 6 aliphatic rings. The standard InChI is InChI=1S/C18H24O2/c19-17(20)18(9-10-1-2-15(18)8-10)16-13-4-11-3-12(6-13)7-14(16)5-11/h1-2,10-16H,3-9H2,(H,19,20). The fraction of sp³-hybridized carbons (Fsp3) is 0.833. The van der Waals surface area contributed by atoms with Crippen LogP contribution in [0.1, 0.15) is 44.9 Å². The van der Waals surface area contributed by atoms with Crippen molar-refractivity contribution < 1.29 is 9.90 Å². The van der Waals surface area contributed by atoms with Crippen LogP contribution >= 0.6 is 0 Å². The molecule has 5 saturated carbocycles. The summed E-state index contributed by atoms with van der Waals surface area (Å²) < 4.78 is 0. The molecule has 3 atom stereocenters. The van der Waals surface area contributed by atoms with E-state index < -0.39 is 5.97 Å². The van der Waals surface area contributed by atoms with Gasteiger partial charge < -0.3 is 5.11 Å². The number of carboxylic acids is 1. The molecule has 0 aromatic heterocycles. The van der Waals surface area contributed by atoms with Crippen molar-refractivity contribution in [2.75, 3.05) is 0 Å². The Balaban J connectivity index is 1.58. The molecule has 108 valence electrons. The van der Waals surface area contributed by atoms with Crippen molar-refractivity contribution in [1.29, 1.82) is 0 Å². The highest BCUT2D eigenvalue weighted by Crippen LogP contribution is 2.67. The summed E-state index contributed by atoms with van der Waals surface area (Å²) in [6.07, 6.45) is 13.4. The van der Waals surface area contributed by atoms with E-state index in [4.69, 9.17) is 0 Å². The maximum absolute atomic E-state index is 12.3. The Labute approximate surface area is 120 Å². The average molecular weight is 272 g/mol. The molecule has 0 heterocycles. The molecule has 20 heavy (non-hydrogen) atoms. The zero-order chi connectivity index (χ0) is 13.5. The van der Waals surface area contributed by atoms with Gasteiger partial charge in [0, 0.05) is 0 Å². The fourth-order valence-electron chi connectivity index (χ4n) is 7.43. The van der Waals surface area contributed by atoms with E-state index in [1.54, 1.807) is 0 Å². The van der Waals surface area contributed by atoms with Gasteiger partial charge in [0.2, 0.25) is 0 Å². The Bertz CT molecular complexity index is 466. The maximum atomic E-state index is 12.3. The van der Waals surface area contributed by atoms with Gasteiger partial charge in [-0.3, -0.25) is 4.79 Å². The summed E-state index contributed by atoms with van der Waals surface area (Å²) in [7, 11) is 0. The van der Waals surface area contributed by atoms with E-state index in [0.29, 0.717) is 17.8 Å². The van der Waals surface area contributed by atoms with Crippen LogP contribution in [0.15, 0.2) is 12.2 Å². The minimum atomic E-state index is -0.466. The van der Waals surface area contributed by atoms with E-state index in [0.717, 1.165) is 36.5 Å². The first kappa shape index (κ1) is 11.8. The largest absolute Gasteiger partial charge is 0.481 e. The highest BCUT2D eigenvalue weighted by atomic mass is 16.4. The lowest BCUT2D eigenvalue weighted by molar-refractivity contribution is -0.170. The van der Waals surface area contributed by atoms with Crippen LogP contribution in [-0.4, -0.2) is 11.1 Å². The Morgan fingerprint density at radius 1 is 0.950 bits per heavy atom. The van der Waals surface area contributed by atoms with Gasteiger partial charge in [0.1, 0.15) is 0 Å². The van der Waals surface area contributed by atoms with Crippen LogP contribution in [0, 0.1) is 46.8 Å². The quantitative estimate of drug-likeness (QED) is 0.778. The SMILES string of the molecule is O=C(O)C1(C2C3CC4CC(C3)CC2C4)CC2C=CC1C2. The molecule has 1 N–H and O–H groups in total. The van der Waals surface area contributed by atoms with Crippen molar-refractivity contribution in [3.63, 3.8) is 0 Å². The molecule has 0 aliphatic heterocycles. The summed E-state index contributed by atoms with van der Waals surface area (Å²) in [4.78, 5) is 12.3. The first-order valence-electron chi connectivity index (χ1n) is 8.58. The van der Waals surface area contributed by atoms with Crippen LogP contribution in [0.25, 0.3) is 0 Å². The van der Waals surface area contributed by atoms with E-state index in [-0.39, 0.29) is 5.41 Å². The van der Waals surface area contributed by atoms with Crippen LogP contribution in [0.5, 0.6) is 0 Å². The molecule has 0 radical (unpaired) electrons. The van der Waals surface area contributed by atoms with Gasteiger partial charge >= 0.3 is 5.97 Å². The van der Waals surface area contributed by atoms with Gasteiger partial charge in [0.15, 0.2) is 0 Å². The maximum Gasteiger partial charge on any atom is 0.310 e. The van der Waals surface area contributed by atoms with Gasteiger partial charge in [-0.25, -0.2) is 0 Å². The molecule has 6 bridgehead atoms. The monoisotopic (exact) mass is 272 g/mol. The van der Waals surface area contributed by atoms with Gasteiger partial charge in [-0.05, 0) is 86.4 Å². The highest BCUT2D eigenvalue weighted by molar-refractivity contribution is 5.77. The third-order valence-electron chi connectivity index (χ3n) is 7.65. The zero-order valence-electron chi connectivity index (χ0n) is 12.0. The van der Waals surface area contributed by atoms with E-state index in [2.05, 4.69) is 12.2 Å². The molecule has 6 aliphatic carbocycles. The minimum Gasteiger partial charge on any atom is -0.481 e. The minimum absolute atomic E-state index is 0.340. The molecule has 0 amide bonds. The second kappa shape index (κ2) is 3.69. The van der Waals surface area contributed by atoms with Crippen molar-refractivity contribution in [3.8, 4) is 0 Å². The number of allylic oxidation sites excluding steroid dienone is 2. The summed E-state index contributed by atoms with van der Waals surface area (Å²) in [5, 5.41) is 10.1. The van der Waals surface area contributed by atoms with E-state index in [1.165, 1.54) is 32.1 Å². The molecule has 3 unspecified atom stereocenters. The Morgan fingerprint density at radius 3 is 2.05 bits per heavy atom. The average Bonchev–Trinajstić information content (AvgIpc) is 2.98. The van der Waals surface area contributed by atoms with Crippen LogP contribution < -0.4 is 0 Å². The first-order valence-corrected chi connectivity index (χ1v) is 8.58. The summed E-state index contributed by atoms with van der Waals surface area (Å²) in [5.74, 6) is 4.27. The summed E-state index contributed by atoms with van der Waals surface area (Å²) in [6.45, 7) is 0. The molecule has 5 fully saturated rings. The van der Waals surface area contributed by atoms with Crippen LogP contribution in [0.2, 0.25) is 0 Å². The molecule has 0 aromatic rings. The molecule has 0 aromatic carbocycles. The third kappa shape index (κ3) is 1.29. The smallest absolute Gasteiger partial charge is 0.310 e. The predicted octanol–water partition coefficient (Wildman–Crippen LogP) is 3.73. The van der Waals surface area contributed by atoms with Crippen molar-refractivity contribution >= 4 is 5.97 Å². The lowest BCUT2D eigenvalue weighted by Gasteiger charge is -2.59. The fourth-order valence-corrected chi connectivity index (χ4v) is 7.43. The normalized spacial score (nSPS) is 58.5. The predicted molar refractivity (Wildman–Crippen MR) is 76.0 cm³/mol. The Hall–Kier alpha value is -0.790. The van der Waals surface area contributed by atoms with Gasteiger partial charge in [-0.15, -0.1) is 0 Å². The number of fused-ring (bicyclic) bond motifs is 2. The molecule has 0 saturated heterocycles. The molecular weight excluding hydrogens is 248 g/mol. The van der Waals surface area contributed by atoms with Gasteiger partial charge in [-0.1, -0.05) is 12.2 Å². The highest BCUT2D eigenvalue weighted by Gasteiger charge is 2.64. The molecule has 2 nitrogen and oxygen atoms in total. The zero-order valence-corrected chi connectivity index (χ0v) is 12.0. The number of carbonyl (C=O) groups is 1. The number of aliphatic carboxylic acids is 1. The first-order chi connectivity index (χ1) is 9.66. The Morgan fingerprint density at radius 2 is 1.60 bits per heavy atom. The summed E-state index contributed by atoms with van der Waals surface area (Å²) in [5.41, 5.74) is -0.387. The van der Waals surface area contributed by atoms with Crippen molar-refractivity contribution in [1.82, 2.24) is 0 Å². The lowest BCUT2D eigenvalue weighted by atomic mass is 9.45. The van der Waals surface area contributed by atoms with Crippen molar-refractivity contribution in [2.24, 2.45) is 46.8 Å². The van der Waals surface area contributed by atoms with E-state index >= 15 is 0 Å². The van der Waals surface area contributed by atoms with Gasteiger partial charge in [0.05, 0.1) is 5.41 Å². The molecule has 2 heteroatoms. The summed E-state index contributed by atoms with van der Waals surface area (Å²) in [6, 6.07) is 0. The third-order valence-corrected chi connectivity index (χ3v) is 7.65. The van der Waals surface area contributed by atoms with Crippen LogP contribution in [0.4, 0.5) is 0 Å². The molecule has 6 rings (SSSR count). The number of hydrogen-bond donors (Lipinski definition) is 1. The van der Waals surface area contributed by atoms with Crippen molar-refractivity contribution in [2.45, 2.75) is 44.9 Å². The lowest BCUT2D eigenvalue weighted by Crippen LogP contribution is -2.55. The van der Waals surface area contributed by atoms with Crippen LogP contribution in [0.3, 0.4) is 0 Å². The van der Waals surface area contributed by atoms with Gasteiger partial charge in [-0.2, -0.15) is 0 Å². The topological polar surface area (TPSA) is 37.3 Å². The number of carboxylic acid groups (broad SMARTS) is 1. The number of hydrogen-bond acceptors (Lipinski definition) is 1. The van der Waals surface area contributed by atoms with Crippen molar-refractivity contribution in [3.05, 3.63) is 12.2 Å². The second-order valence-electron chi connectivity index (χ2n) is 8.49. The van der Waals surface area contributed by atoms with E-state index in [1.807, 2.05) is 0 Å². The number of rotatable bonds is 2. The Kier molecular flexibility index (Phi) is 2.18. The van der Waals surface area contributed by atoms with Gasteiger partial charge in [0.25, 0.3) is 0 Å². The van der Waals surface area contributed by atoms with Crippen LogP contribution in [-0.2, 0) is 4.79 Å². The molecule has 0 spiro atoms.